The van der Waals surface area contributed by atoms with E-state index in [0.717, 1.165) is 31.2 Å². The van der Waals surface area contributed by atoms with Crippen LogP contribution < -0.4 is 0 Å². The van der Waals surface area contributed by atoms with Crippen molar-refractivity contribution in [1.29, 1.82) is 0 Å². The van der Waals surface area contributed by atoms with Gasteiger partial charge in [-0.15, -0.1) is 0 Å². The summed E-state index contributed by atoms with van der Waals surface area (Å²) in [5.41, 5.74) is 5.00. The Kier molecular flexibility index (Phi) is 6.86. The first-order chi connectivity index (χ1) is 11.7. The topological polar surface area (TPSA) is 46.5 Å². The Labute approximate surface area is 144 Å². The Hall–Kier alpha value is -2.29. The fraction of sp³-hybridized carbons (Fsp3) is 0.381. The number of rotatable bonds is 8. The van der Waals surface area contributed by atoms with Crippen LogP contribution in [0, 0.1) is 0 Å². The van der Waals surface area contributed by atoms with Crippen molar-refractivity contribution in [2.24, 2.45) is 0 Å². The van der Waals surface area contributed by atoms with Gasteiger partial charge < -0.3 is 9.84 Å². The highest BCUT2D eigenvalue weighted by Gasteiger charge is 2.20. The standard InChI is InChI=1S/C21H26O3/c1-3-9-16-13-8-14-19(18(16)10-4-2)20(15-24-21(22)23)17-11-6-5-7-12-17/h5-8,11-14,20H,3-4,9-10,15H2,1-2H3,(H,22,23). The molecular formula is C21H26O3. The lowest BCUT2D eigenvalue weighted by atomic mass is 9.84. The van der Waals surface area contributed by atoms with E-state index in [-0.39, 0.29) is 12.5 Å². The van der Waals surface area contributed by atoms with E-state index in [2.05, 4.69) is 32.0 Å². The minimum absolute atomic E-state index is 0.0688. The molecule has 0 aliphatic carbocycles. The average Bonchev–Trinajstić information content (AvgIpc) is 2.58. The molecule has 0 spiro atoms. The molecule has 0 aromatic heterocycles. The highest BCUT2D eigenvalue weighted by atomic mass is 16.7. The molecule has 0 aliphatic rings. The lowest BCUT2D eigenvalue weighted by Crippen LogP contribution is -2.15. The summed E-state index contributed by atoms with van der Waals surface area (Å²) >= 11 is 0. The van der Waals surface area contributed by atoms with Crippen molar-refractivity contribution < 1.29 is 14.6 Å². The van der Waals surface area contributed by atoms with E-state index in [1.807, 2.05) is 30.3 Å². The van der Waals surface area contributed by atoms with Crippen molar-refractivity contribution in [3.05, 3.63) is 70.8 Å². The Morgan fingerprint density at radius 1 is 1.00 bits per heavy atom. The maximum absolute atomic E-state index is 10.9. The van der Waals surface area contributed by atoms with Crippen LogP contribution in [0.25, 0.3) is 0 Å². The highest BCUT2D eigenvalue weighted by Crippen LogP contribution is 2.31. The number of hydrogen-bond donors (Lipinski definition) is 1. The van der Waals surface area contributed by atoms with Gasteiger partial charge in [-0.2, -0.15) is 0 Å². The predicted octanol–water partition coefficient (Wildman–Crippen LogP) is 5.42. The third kappa shape index (κ3) is 4.60. The fourth-order valence-electron chi connectivity index (χ4n) is 3.24. The molecular weight excluding hydrogens is 300 g/mol. The molecule has 1 unspecified atom stereocenters. The molecule has 2 aromatic rings. The minimum atomic E-state index is -1.22. The zero-order valence-corrected chi connectivity index (χ0v) is 14.5. The van der Waals surface area contributed by atoms with Gasteiger partial charge in [0.1, 0.15) is 6.61 Å². The predicted molar refractivity (Wildman–Crippen MR) is 96.7 cm³/mol. The van der Waals surface area contributed by atoms with Crippen molar-refractivity contribution in [1.82, 2.24) is 0 Å². The van der Waals surface area contributed by atoms with E-state index < -0.39 is 6.16 Å². The lowest BCUT2D eigenvalue weighted by molar-refractivity contribution is 0.0888. The maximum Gasteiger partial charge on any atom is 0.505 e. The number of ether oxygens (including phenoxy) is 1. The van der Waals surface area contributed by atoms with Crippen LogP contribution in [0.2, 0.25) is 0 Å². The van der Waals surface area contributed by atoms with Gasteiger partial charge in [-0.05, 0) is 35.1 Å². The molecule has 0 amide bonds. The molecule has 3 heteroatoms. The van der Waals surface area contributed by atoms with E-state index in [9.17, 15) is 4.79 Å². The van der Waals surface area contributed by atoms with Crippen molar-refractivity contribution in [3.8, 4) is 0 Å². The molecule has 1 N–H and O–H groups in total. The van der Waals surface area contributed by atoms with Gasteiger partial charge in [0, 0.05) is 5.92 Å². The van der Waals surface area contributed by atoms with Gasteiger partial charge in [0.05, 0.1) is 0 Å². The average molecular weight is 326 g/mol. The van der Waals surface area contributed by atoms with Gasteiger partial charge in [-0.1, -0.05) is 75.2 Å². The van der Waals surface area contributed by atoms with E-state index in [1.54, 1.807) is 0 Å². The quantitative estimate of drug-likeness (QED) is 0.659. The summed E-state index contributed by atoms with van der Waals surface area (Å²) in [6.45, 7) is 4.51. The Morgan fingerprint density at radius 3 is 2.33 bits per heavy atom. The molecule has 3 nitrogen and oxygen atoms in total. The molecule has 0 heterocycles. The summed E-state index contributed by atoms with van der Waals surface area (Å²) in [5, 5.41) is 8.95. The SMILES string of the molecule is CCCc1cccc(C(COC(=O)O)c2ccccc2)c1CCC. The molecule has 0 bridgehead atoms. The monoisotopic (exact) mass is 326 g/mol. The molecule has 0 saturated carbocycles. The van der Waals surface area contributed by atoms with E-state index in [1.165, 1.54) is 16.7 Å². The molecule has 1 atom stereocenters. The molecule has 0 saturated heterocycles. The molecule has 0 fully saturated rings. The summed E-state index contributed by atoms with van der Waals surface area (Å²) in [6.07, 6.45) is 2.99. The Balaban J connectivity index is 2.48. The summed E-state index contributed by atoms with van der Waals surface area (Å²) < 4.78 is 4.96. The van der Waals surface area contributed by atoms with E-state index in [0.29, 0.717) is 0 Å². The van der Waals surface area contributed by atoms with Gasteiger partial charge in [0.25, 0.3) is 0 Å². The number of aryl methyl sites for hydroxylation is 1. The molecule has 128 valence electrons. The summed E-state index contributed by atoms with van der Waals surface area (Å²) in [4.78, 5) is 10.9. The third-order valence-corrected chi connectivity index (χ3v) is 4.28. The first-order valence-electron chi connectivity index (χ1n) is 8.68. The zero-order valence-electron chi connectivity index (χ0n) is 14.5. The Bertz CT molecular complexity index is 649. The number of hydrogen-bond acceptors (Lipinski definition) is 2. The van der Waals surface area contributed by atoms with Gasteiger partial charge in [0.2, 0.25) is 0 Å². The van der Waals surface area contributed by atoms with Crippen LogP contribution in [-0.2, 0) is 17.6 Å². The summed E-state index contributed by atoms with van der Waals surface area (Å²) in [6, 6.07) is 16.4. The van der Waals surface area contributed by atoms with Gasteiger partial charge in [-0.25, -0.2) is 4.79 Å². The number of benzene rings is 2. The van der Waals surface area contributed by atoms with Crippen molar-refractivity contribution in [2.75, 3.05) is 6.61 Å². The van der Waals surface area contributed by atoms with Gasteiger partial charge >= 0.3 is 6.16 Å². The zero-order chi connectivity index (χ0) is 17.4. The molecule has 2 rings (SSSR count). The van der Waals surface area contributed by atoms with Crippen LogP contribution in [0.15, 0.2) is 48.5 Å². The largest absolute Gasteiger partial charge is 0.505 e. The third-order valence-electron chi connectivity index (χ3n) is 4.28. The van der Waals surface area contributed by atoms with Crippen LogP contribution in [-0.4, -0.2) is 17.9 Å². The second-order valence-corrected chi connectivity index (χ2v) is 6.03. The Morgan fingerprint density at radius 2 is 1.71 bits per heavy atom. The second-order valence-electron chi connectivity index (χ2n) is 6.03. The number of carboxylic acid groups (broad SMARTS) is 1. The summed E-state index contributed by atoms with van der Waals surface area (Å²) in [5.74, 6) is -0.0688. The van der Waals surface area contributed by atoms with Gasteiger partial charge in [0.15, 0.2) is 0 Å². The van der Waals surface area contributed by atoms with Crippen LogP contribution in [0.4, 0.5) is 4.79 Å². The fourth-order valence-corrected chi connectivity index (χ4v) is 3.24. The summed E-state index contributed by atoms with van der Waals surface area (Å²) in [7, 11) is 0. The number of carbonyl (C=O) groups is 1. The van der Waals surface area contributed by atoms with Crippen molar-refractivity contribution in [3.63, 3.8) is 0 Å². The van der Waals surface area contributed by atoms with Crippen LogP contribution >= 0.6 is 0 Å². The normalized spacial score (nSPS) is 11.9. The molecule has 0 radical (unpaired) electrons. The highest BCUT2D eigenvalue weighted by molar-refractivity contribution is 5.57. The van der Waals surface area contributed by atoms with Gasteiger partial charge in [-0.3, -0.25) is 0 Å². The first kappa shape index (κ1) is 18.1. The van der Waals surface area contributed by atoms with Crippen LogP contribution in [0.1, 0.15) is 54.9 Å². The maximum atomic E-state index is 10.9. The van der Waals surface area contributed by atoms with E-state index in [4.69, 9.17) is 9.84 Å². The second kappa shape index (κ2) is 9.11. The minimum Gasteiger partial charge on any atom is -0.450 e. The van der Waals surface area contributed by atoms with E-state index >= 15 is 0 Å². The van der Waals surface area contributed by atoms with Crippen LogP contribution in [0.5, 0.6) is 0 Å². The van der Waals surface area contributed by atoms with Crippen molar-refractivity contribution >= 4 is 6.16 Å². The molecule has 24 heavy (non-hydrogen) atoms. The molecule has 2 aromatic carbocycles. The first-order valence-corrected chi connectivity index (χ1v) is 8.68. The smallest absolute Gasteiger partial charge is 0.450 e. The lowest BCUT2D eigenvalue weighted by Gasteiger charge is -2.22. The van der Waals surface area contributed by atoms with Crippen LogP contribution in [0.3, 0.4) is 0 Å². The molecule has 0 aliphatic heterocycles. The van der Waals surface area contributed by atoms with Crippen molar-refractivity contribution in [2.45, 2.75) is 45.4 Å².